The van der Waals surface area contributed by atoms with E-state index in [1.165, 1.54) is 18.4 Å². The van der Waals surface area contributed by atoms with Crippen molar-refractivity contribution in [3.05, 3.63) is 81.7 Å². The SMILES string of the molecule is COC(=O)c1c(NC(=O)c2cc(-c3ccccc3C)nc3ccccc23)sc(C)c1C. The normalized spacial score (nSPS) is 10.8. The maximum absolute atomic E-state index is 13.4. The molecule has 0 unspecified atom stereocenters. The Kier molecular flexibility index (Phi) is 5.57. The Morgan fingerprint density at radius 2 is 1.71 bits per heavy atom. The first-order chi connectivity index (χ1) is 14.9. The summed E-state index contributed by atoms with van der Waals surface area (Å²) in [5, 5.41) is 4.18. The maximum Gasteiger partial charge on any atom is 0.341 e. The Morgan fingerprint density at radius 1 is 1.00 bits per heavy atom. The van der Waals surface area contributed by atoms with Gasteiger partial charge in [0, 0.05) is 15.8 Å². The summed E-state index contributed by atoms with van der Waals surface area (Å²) in [6, 6.07) is 17.3. The van der Waals surface area contributed by atoms with Crippen LogP contribution in [0.15, 0.2) is 54.6 Å². The molecule has 0 atom stereocenters. The second-order valence-corrected chi connectivity index (χ2v) is 8.54. The first-order valence-electron chi connectivity index (χ1n) is 9.86. The molecule has 0 aliphatic carbocycles. The van der Waals surface area contributed by atoms with Crippen molar-refractivity contribution < 1.29 is 14.3 Å². The van der Waals surface area contributed by atoms with Gasteiger partial charge < -0.3 is 10.1 Å². The lowest BCUT2D eigenvalue weighted by atomic mass is 10.0. The van der Waals surface area contributed by atoms with Crippen molar-refractivity contribution in [3.63, 3.8) is 0 Å². The molecule has 2 aromatic carbocycles. The Labute approximate surface area is 184 Å². The van der Waals surface area contributed by atoms with Crippen molar-refractivity contribution in [2.24, 2.45) is 0 Å². The average Bonchev–Trinajstić information content (AvgIpc) is 3.05. The third kappa shape index (κ3) is 3.82. The van der Waals surface area contributed by atoms with Crippen molar-refractivity contribution in [2.45, 2.75) is 20.8 Å². The van der Waals surface area contributed by atoms with Crippen molar-refractivity contribution in [2.75, 3.05) is 12.4 Å². The summed E-state index contributed by atoms with van der Waals surface area (Å²) in [6.45, 7) is 5.79. The lowest BCUT2D eigenvalue weighted by Gasteiger charge is -2.12. The number of nitrogens with zero attached hydrogens (tertiary/aromatic N) is 1. The van der Waals surface area contributed by atoms with Gasteiger partial charge in [0.05, 0.1) is 29.4 Å². The number of para-hydroxylation sites is 1. The number of thiophene rings is 1. The van der Waals surface area contributed by atoms with Crippen molar-refractivity contribution in [1.29, 1.82) is 0 Å². The molecule has 5 nitrogen and oxygen atoms in total. The number of pyridine rings is 1. The summed E-state index contributed by atoms with van der Waals surface area (Å²) in [5.41, 5.74) is 5.23. The largest absolute Gasteiger partial charge is 0.465 e. The van der Waals surface area contributed by atoms with Gasteiger partial charge in [-0.2, -0.15) is 0 Å². The number of aromatic nitrogens is 1. The number of carbonyl (C=O) groups excluding carboxylic acids is 2. The van der Waals surface area contributed by atoms with E-state index in [1.54, 1.807) is 0 Å². The zero-order valence-corrected chi connectivity index (χ0v) is 18.6. The van der Waals surface area contributed by atoms with Gasteiger partial charge in [-0.3, -0.25) is 4.79 Å². The molecule has 0 aliphatic heterocycles. The van der Waals surface area contributed by atoms with Crippen LogP contribution in [0, 0.1) is 20.8 Å². The molecular weight excluding hydrogens is 408 g/mol. The minimum Gasteiger partial charge on any atom is -0.465 e. The summed E-state index contributed by atoms with van der Waals surface area (Å²) < 4.78 is 4.93. The highest BCUT2D eigenvalue weighted by atomic mass is 32.1. The molecule has 1 amide bonds. The summed E-state index contributed by atoms with van der Waals surface area (Å²) in [6.07, 6.45) is 0. The number of methoxy groups -OCH3 is 1. The fourth-order valence-electron chi connectivity index (χ4n) is 3.59. The van der Waals surface area contributed by atoms with Crippen LogP contribution < -0.4 is 5.32 Å². The van der Waals surface area contributed by atoms with Gasteiger partial charge in [0.2, 0.25) is 0 Å². The molecule has 4 aromatic rings. The van der Waals surface area contributed by atoms with Crippen LogP contribution in [0.2, 0.25) is 0 Å². The molecule has 0 bridgehead atoms. The number of aryl methyl sites for hydroxylation is 2. The number of rotatable bonds is 4. The number of nitrogens with one attached hydrogen (secondary N) is 1. The van der Waals surface area contributed by atoms with E-state index in [2.05, 4.69) is 5.32 Å². The van der Waals surface area contributed by atoms with Crippen LogP contribution in [0.4, 0.5) is 5.00 Å². The Bertz CT molecular complexity index is 1320. The van der Waals surface area contributed by atoms with E-state index in [0.717, 1.165) is 38.2 Å². The number of hydrogen-bond donors (Lipinski definition) is 1. The number of esters is 1. The van der Waals surface area contributed by atoms with Gasteiger partial charge in [-0.1, -0.05) is 42.5 Å². The first kappa shape index (κ1) is 20.8. The van der Waals surface area contributed by atoms with Crippen LogP contribution in [0.5, 0.6) is 0 Å². The molecule has 2 aromatic heterocycles. The van der Waals surface area contributed by atoms with Crippen molar-refractivity contribution >= 4 is 39.1 Å². The summed E-state index contributed by atoms with van der Waals surface area (Å²) >= 11 is 1.37. The molecule has 31 heavy (non-hydrogen) atoms. The number of amides is 1. The van der Waals surface area contributed by atoms with Gasteiger partial charge in [0.15, 0.2) is 0 Å². The molecule has 0 spiro atoms. The second kappa shape index (κ2) is 8.32. The van der Waals surface area contributed by atoms with E-state index in [9.17, 15) is 9.59 Å². The fraction of sp³-hybridized carbons (Fsp3) is 0.160. The fourth-order valence-corrected chi connectivity index (χ4v) is 4.64. The van der Waals surface area contributed by atoms with E-state index in [-0.39, 0.29) is 5.91 Å². The minimum absolute atomic E-state index is 0.292. The van der Waals surface area contributed by atoms with Gasteiger partial charge in [0.1, 0.15) is 5.00 Å². The smallest absolute Gasteiger partial charge is 0.341 e. The molecule has 4 rings (SSSR count). The van der Waals surface area contributed by atoms with Gasteiger partial charge in [-0.15, -0.1) is 11.3 Å². The third-order valence-corrected chi connectivity index (χ3v) is 6.51. The molecular formula is C25H22N2O3S. The van der Waals surface area contributed by atoms with E-state index in [1.807, 2.05) is 75.4 Å². The molecule has 0 radical (unpaired) electrons. The zero-order valence-electron chi connectivity index (χ0n) is 17.8. The Balaban J connectivity index is 1.83. The molecule has 0 aliphatic rings. The highest BCUT2D eigenvalue weighted by Crippen LogP contribution is 2.34. The molecule has 0 saturated carbocycles. The lowest BCUT2D eigenvalue weighted by molar-refractivity contribution is 0.0601. The van der Waals surface area contributed by atoms with Gasteiger partial charge in [-0.05, 0) is 44.0 Å². The Morgan fingerprint density at radius 3 is 2.45 bits per heavy atom. The molecule has 1 N–H and O–H groups in total. The average molecular weight is 431 g/mol. The van der Waals surface area contributed by atoms with E-state index >= 15 is 0 Å². The second-order valence-electron chi connectivity index (χ2n) is 7.32. The first-order valence-corrected chi connectivity index (χ1v) is 10.7. The van der Waals surface area contributed by atoms with Crippen LogP contribution in [0.3, 0.4) is 0 Å². The Hall–Kier alpha value is -3.51. The molecule has 6 heteroatoms. The van der Waals surface area contributed by atoms with Gasteiger partial charge in [0.25, 0.3) is 5.91 Å². The van der Waals surface area contributed by atoms with Crippen LogP contribution in [0.25, 0.3) is 22.2 Å². The third-order valence-electron chi connectivity index (χ3n) is 5.38. The predicted molar refractivity (Wildman–Crippen MR) is 125 cm³/mol. The summed E-state index contributed by atoms with van der Waals surface area (Å²) in [5.74, 6) is -0.753. The van der Waals surface area contributed by atoms with E-state index in [4.69, 9.17) is 9.72 Å². The molecule has 156 valence electrons. The number of ether oxygens (including phenoxy) is 1. The zero-order chi connectivity index (χ0) is 22.1. The highest BCUT2D eigenvalue weighted by molar-refractivity contribution is 7.16. The summed E-state index contributed by atoms with van der Waals surface area (Å²) in [7, 11) is 1.34. The van der Waals surface area contributed by atoms with Crippen molar-refractivity contribution in [3.8, 4) is 11.3 Å². The monoisotopic (exact) mass is 430 g/mol. The number of anilines is 1. The molecule has 0 fully saturated rings. The quantitative estimate of drug-likeness (QED) is 0.408. The number of benzene rings is 2. The molecule has 0 saturated heterocycles. The highest BCUT2D eigenvalue weighted by Gasteiger charge is 2.23. The van der Waals surface area contributed by atoms with E-state index in [0.29, 0.717) is 16.1 Å². The topological polar surface area (TPSA) is 68.3 Å². The van der Waals surface area contributed by atoms with Gasteiger partial charge >= 0.3 is 5.97 Å². The predicted octanol–water partition coefficient (Wildman–Crippen LogP) is 5.93. The van der Waals surface area contributed by atoms with Crippen LogP contribution in [0.1, 0.15) is 36.7 Å². The van der Waals surface area contributed by atoms with Crippen molar-refractivity contribution in [1.82, 2.24) is 4.98 Å². The number of fused-ring (bicyclic) bond motifs is 1. The number of carbonyl (C=O) groups is 2. The van der Waals surface area contributed by atoms with Gasteiger partial charge in [-0.25, -0.2) is 9.78 Å². The maximum atomic E-state index is 13.4. The van der Waals surface area contributed by atoms with Crippen LogP contribution in [-0.2, 0) is 4.74 Å². The minimum atomic E-state index is -0.461. The lowest BCUT2D eigenvalue weighted by Crippen LogP contribution is -2.15. The summed E-state index contributed by atoms with van der Waals surface area (Å²) in [4.78, 5) is 31.4. The van der Waals surface area contributed by atoms with Crippen LogP contribution >= 0.6 is 11.3 Å². The molecule has 2 heterocycles. The van der Waals surface area contributed by atoms with E-state index < -0.39 is 5.97 Å². The van der Waals surface area contributed by atoms with Crippen LogP contribution in [-0.4, -0.2) is 24.0 Å². The standard InChI is InChI=1S/C25H22N2O3S/c1-14-9-5-6-10-17(14)21-13-19(18-11-7-8-12-20(18)26-21)23(28)27-24-22(25(29)30-4)15(2)16(3)31-24/h5-13H,1-4H3,(H,27,28). The number of hydrogen-bond acceptors (Lipinski definition) is 5.